The molecule has 0 aliphatic heterocycles. The molecular weight excluding hydrogens is 463 g/mol. The van der Waals surface area contributed by atoms with Gasteiger partial charge in [-0.15, -0.1) is 0 Å². The summed E-state index contributed by atoms with van der Waals surface area (Å²) in [5.74, 6) is -0.842. The third-order valence-electron chi connectivity index (χ3n) is 5.90. The lowest BCUT2D eigenvalue weighted by molar-refractivity contribution is 0.0946. The standard InChI is InChI=1S/C26H21FN6O3/c1-31-23-20(25(35)32(2)26(31)36)12-13-21(29-23)24(34)28-14-17-15-33(19-6-4-3-5-7-19)30-22(17)16-8-10-18(27)11-9-16/h3-13,15H,14H2,1-2H3,(H,28,34). The average Bonchev–Trinajstić information content (AvgIpc) is 3.34. The highest BCUT2D eigenvalue weighted by atomic mass is 19.1. The van der Waals surface area contributed by atoms with Crippen molar-refractivity contribution in [3.05, 3.63) is 111 Å². The first-order valence-corrected chi connectivity index (χ1v) is 11.1. The summed E-state index contributed by atoms with van der Waals surface area (Å²) < 4.78 is 17.4. The highest BCUT2D eigenvalue weighted by molar-refractivity contribution is 5.94. The molecule has 9 nitrogen and oxygen atoms in total. The molecule has 5 aromatic rings. The van der Waals surface area contributed by atoms with Gasteiger partial charge in [0, 0.05) is 38.0 Å². The van der Waals surface area contributed by atoms with Crippen LogP contribution < -0.4 is 16.6 Å². The molecule has 1 N–H and O–H groups in total. The zero-order valence-electron chi connectivity index (χ0n) is 19.5. The third-order valence-corrected chi connectivity index (χ3v) is 5.90. The van der Waals surface area contributed by atoms with Crippen LogP contribution in [-0.4, -0.2) is 29.8 Å². The van der Waals surface area contributed by atoms with Crippen molar-refractivity contribution in [1.29, 1.82) is 0 Å². The molecule has 2 aromatic carbocycles. The van der Waals surface area contributed by atoms with Crippen molar-refractivity contribution < 1.29 is 9.18 Å². The van der Waals surface area contributed by atoms with Gasteiger partial charge in [-0.25, -0.2) is 18.9 Å². The summed E-state index contributed by atoms with van der Waals surface area (Å²) in [6.45, 7) is 0.119. The molecule has 3 aromatic heterocycles. The van der Waals surface area contributed by atoms with Gasteiger partial charge in [0.05, 0.1) is 16.8 Å². The molecule has 0 saturated heterocycles. The lowest BCUT2D eigenvalue weighted by Gasteiger charge is -2.09. The van der Waals surface area contributed by atoms with Gasteiger partial charge < -0.3 is 5.32 Å². The van der Waals surface area contributed by atoms with Gasteiger partial charge in [-0.2, -0.15) is 5.10 Å². The highest BCUT2D eigenvalue weighted by Gasteiger charge is 2.17. The van der Waals surface area contributed by atoms with Crippen molar-refractivity contribution in [2.24, 2.45) is 14.1 Å². The number of carbonyl (C=O) groups excluding carboxylic acids is 1. The van der Waals surface area contributed by atoms with E-state index in [9.17, 15) is 18.8 Å². The van der Waals surface area contributed by atoms with E-state index in [1.54, 1.807) is 23.0 Å². The Morgan fingerprint density at radius 2 is 1.67 bits per heavy atom. The van der Waals surface area contributed by atoms with Gasteiger partial charge in [-0.05, 0) is 48.5 Å². The van der Waals surface area contributed by atoms with Gasteiger partial charge in [-0.3, -0.25) is 18.7 Å². The fourth-order valence-corrected chi connectivity index (χ4v) is 3.95. The molecule has 10 heteroatoms. The molecule has 0 unspecified atom stereocenters. The number of nitrogens with zero attached hydrogens (tertiary/aromatic N) is 5. The van der Waals surface area contributed by atoms with E-state index in [0.717, 1.165) is 10.3 Å². The molecule has 180 valence electrons. The number of amides is 1. The van der Waals surface area contributed by atoms with E-state index in [1.165, 1.54) is 42.9 Å². The number of fused-ring (bicyclic) bond motifs is 1. The van der Waals surface area contributed by atoms with Crippen LogP contribution in [0.2, 0.25) is 0 Å². The smallest absolute Gasteiger partial charge is 0.332 e. The van der Waals surface area contributed by atoms with Crippen LogP contribution in [0, 0.1) is 5.82 Å². The summed E-state index contributed by atoms with van der Waals surface area (Å²) in [6.07, 6.45) is 1.80. The Labute approximate surface area is 204 Å². The van der Waals surface area contributed by atoms with Crippen LogP contribution in [0.4, 0.5) is 4.39 Å². The Morgan fingerprint density at radius 3 is 2.39 bits per heavy atom. The van der Waals surface area contributed by atoms with Crippen molar-refractivity contribution in [2.75, 3.05) is 0 Å². The second-order valence-corrected chi connectivity index (χ2v) is 8.25. The molecule has 1 amide bonds. The summed E-state index contributed by atoms with van der Waals surface area (Å²) in [7, 11) is 2.88. The fraction of sp³-hybridized carbons (Fsp3) is 0.115. The number of aromatic nitrogens is 5. The van der Waals surface area contributed by atoms with E-state index in [4.69, 9.17) is 0 Å². The van der Waals surface area contributed by atoms with Gasteiger partial charge in [0.25, 0.3) is 11.5 Å². The van der Waals surface area contributed by atoms with E-state index < -0.39 is 17.2 Å². The fourth-order valence-electron chi connectivity index (χ4n) is 3.95. The normalized spacial score (nSPS) is 11.1. The van der Waals surface area contributed by atoms with E-state index in [1.807, 2.05) is 30.3 Å². The maximum absolute atomic E-state index is 13.5. The lowest BCUT2D eigenvalue weighted by Crippen LogP contribution is -2.37. The number of halogens is 1. The zero-order chi connectivity index (χ0) is 25.4. The Hall–Kier alpha value is -4.86. The predicted octanol–water partition coefficient (Wildman–Crippen LogP) is 2.55. The molecule has 0 bridgehead atoms. The second kappa shape index (κ2) is 9.06. The van der Waals surface area contributed by atoms with Crippen molar-refractivity contribution in [1.82, 2.24) is 29.2 Å². The predicted molar refractivity (Wildman–Crippen MR) is 132 cm³/mol. The number of para-hydroxylation sites is 1. The van der Waals surface area contributed by atoms with E-state index in [0.29, 0.717) is 16.8 Å². The number of pyridine rings is 1. The minimum atomic E-state index is -0.533. The Kier molecular flexibility index (Phi) is 5.77. The number of rotatable bonds is 5. The first-order chi connectivity index (χ1) is 17.3. The van der Waals surface area contributed by atoms with Gasteiger partial charge in [-0.1, -0.05) is 18.2 Å². The topological polar surface area (TPSA) is 104 Å². The molecule has 36 heavy (non-hydrogen) atoms. The largest absolute Gasteiger partial charge is 0.346 e. The first kappa shape index (κ1) is 22.9. The van der Waals surface area contributed by atoms with Crippen LogP contribution in [0.1, 0.15) is 16.1 Å². The summed E-state index contributed by atoms with van der Waals surface area (Å²) in [5, 5.41) is 7.73. The quantitative estimate of drug-likeness (QED) is 0.413. The minimum absolute atomic E-state index is 0.0598. The molecule has 0 atom stereocenters. The highest BCUT2D eigenvalue weighted by Crippen LogP contribution is 2.24. The van der Waals surface area contributed by atoms with Crippen molar-refractivity contribution in [2.45, 2.75) is 6.54 Å². The zero-order valence-corrected chi connectivity index (χ0v) is 19.5. The molecule has 0 spiro atoms. The third kappa shape index (κ3) is 4.09. The molecule has 5 rings (SSSR count). The molecule has 3 heterocycles. The molecule has 0 fully saturated rings. The van der Waals surface area contributed by atoms with Crippen LogP contribution in [0.3, 0.4) is 0 Å². The Morgan fingerprint density at radius 1 is 0.944 bits per heavy atom. The Balaban J connectivity index is 1.47. The molecule has 0 aliphatic rings. The summed E-state index contributed by atoms with van der Waals surface area (Å²) in [6, 6.07) is 18.4. The average molecular weight is 484 g/mol. The minimum Gasteiger partial charge on any atom is -0.346 e. The SMILES string of the molecule is Cn1c(=O)c2ccc(C(=O)NCc3cn(-c4ccccc4)nc3-c3ccc(F)cc3)nc2n(C)c1=O. The number of hydrogen-bond donors (Lipinski definition) is 1. The van der Waals surface area contributed by atoms with Crippen LogP contribution >= 0.6 is 0 Å². The van der Waals surface area contributed by atoms with E-state index in [-0.39, 0.29) is 29.1 Å². The summed E-state index contributed by atoms with van der Waals surface area (Å²) >= 11 is 0. The van der Waals surface area contributed by atoms with Crippen molar-refractivity contribution in [3.8, 4) is 16.9 Å². The van der Waals surface area contributed by atoms with Crippen LogP contribution in [-0.2, 0) is 20.6 Å². The molecular formula is C26H21FN6O3. The van der Waals surface area contributed by atoms with Crippen LogP contribution in [0.5, 0.6) is 0 Å². The van der Waals surface area contributed by atoms with Gasteiger partial charge in [0.15, 0.2) is 0 Å². The van der Waals surface area contributed by atoms with Crippen LogP contribution in [0.25, 0.3) is 28.0 Å². The molecule has 0 aliphatic carbocycles. The number of carbonyl (C=O) groups is 1. The van der Waals surface area contributed by atoms with Crippen molar-refractivity contribution in [3.63, 3.8) is 0 Å². The van der Waals surface area contributed by atoms with Crippen molar-refractivity contribution >= 4 is 16.9 Å². The Bertz CT molecular complexity index is 1720. The summed E-state index contributed by atoms with van der Waals surface area (Å²) in [5.41, 5.74) is 2.00. The second-order valence-electron chi connectivity index (χ2n) is 8.25. The van der Waals surface area contributed by atoms with Crippen LogP contribution in [0.15, 0.2) is 82.5 Å². The van der Waals surface area contributed by atoms with E-state index in [2.05, 4.69) is 15.4 Å². The van der Waals surface area contributed by atoms with Gasteiger partial charge in [0.1, 0.15) is 17.2 Å². The van der Waals surface area contributed by atoms with Gasteiger partial charge >= 0.3 is 5.69 Å². The monoisotopic (exact) mass is 484 g/mol. The van der Waals surface area contributed by atoms with Gasteiger partial charge in [0.2, 0.25) is 0 Å². The molecule has 0 saturated carbocycles. The number of hydrogen-bond acceptors (Lipinski definition) is 5. The first-order valence-electron chi connectivity index (χ1n) is 11.1. The molecule has 0 radical (unpaired) electrons. The lowest BCUT2D eigenvalue weighted by atomic mass is 10.1. The maximum Gasteiger partial charge on any atom is 0.332 e. The van der Waals surface area contributed by atoms with E-state index >= 15 is 0 Å². The number of nitrogens with one attached hydrogen (secondary N) is 1. The maximum atomic E-state index is 13.5. The number of benzene rings is 2. The summed E-state index contributed by atoms with van der Waals surface area (Å²) in [4.78, 5) is 41.9. The number of aryl methyl sites for hydroxylation is 1.